The van der Waals surface area contributed by atoms with Crippen LogP contribution < -0.4 is 10.9 Å². The van der Waals surface area contributed by atoms with Gasteiger partial charge in [0.15, 0.2) is 11.5 Å². The Morgan fingerprint density at radius 1 is 1.17 bits per heavy atom. The van der Waals surface area contributed by atoms with Crippen molar-refractivity contribution in [3.05, 3.63) is 74.0 Å². The van der Waals surface area contributed by atoms with E-state index < -0.39 is 35.4 Å². The van der Waals surface area contributed by atoms with E-state index in [2.05, 4.69) is 20.3 Å². The minimum Gasteiger partial charge on any atom is -0.354 e. The number of alkyl halides is 2. The number of pyridine rings is 1. The fraction of sp³-hybridized carbons (Fsp3) is 0.360. The Hall–Kier alpha value is -3.60. The predicted octanol–water partition coefficient (Wildman–Crippen LogP) is 3.67. The van der Waals surface area contributed by atoms with Crippen molar-refractivity contribution in [2.24, 2.45) is 0 Å². The van der Waals surface area contributed by atoms with E-state index in [9.17, 15) is 22.8 Å². The number of carbonyl (C=O) groups is 1. The average molecular weight is 501 g/mol. The first-order chi connectivity index (χ1) is 17.3. The molecule has 0 unspecified atom stereocenters. The largest absolute Gasteiger partial charge is 0.354 e. The van der Waals surface area contributed by atoms with Gasteiger partial charge in [-0.05, 0) is 54.5 Å². The number of amides is 1. The monoisotopic (exact) mass is 501 g/mol. The standard InChI is InChI=1S/C25H23F4N5O2/c1-30-24(35)17-6-5-13(23(29)31-17)12-7-9-34(10-8-12)11-16-14-3-2-4-15(14)19-20(18(16)26)33-25(36)21(32-19)22(27)28/h5-7,22H,2-4,8-11H2,1H3,(H,30,35)(H,33,36). The molecule has 0 spiro atoms. The van der Waals surface area contributed by atoms with Crippen molar-refractivity contribution in [1.82, 2.24) is 25.2 Å². The summed E-state index contributed by atoms with van der Waals surface area (Å²) in [6.45, 7) is 1.20. The molecule has 3 heterocycles. The van der Waals surface area contributed by atoms with E-state index in [-0.39, 0.29) is 23.3 Å². The fourth-order valence-electron chi connectivity index (χ4n) is 5.03. The number of halogens is 4. The summed E-state index contributed by atoms with van der Waals surface area (Å²) in [7, 11) is 1.44. The van der Waals surface area contributed by atoms with Gasteiger partial charge in [-0.2, -0.15) is 4.39 Å². The Morgan fingerprint density at radius 2 is 1.94 bits per heavy atom. The highest BCUT2D eigenvalue weighted by Gasteiger charge is 2.28. The van der Waals surface area contributed by atoms with Gasteiger partial charge in [-0.15, -0.1) is 0 Å². The van der Waals surface area contributed by atoms with Gasteiger partial charge in [-0.25, -0.2) is 23.1 Å². The Bertz CT molecular complexity index is 1470. The Balaban J connectivity index is 1.43. The lowest BCUT2D eigenvalue weighted by Gasteiger charge is -2.28. The molecule has 1 amide bonds. The van der Waals surface area contributed by atoms with Gasteiger partial charge >= 0.3 is 0 Å². The van der Waals surface area contributed by atoms with Gasteiger partial charge in [0.2, 0.25) is 5.95 Å². The number of nitrogens with zero attached hydrogens (tertiary/aromatic N) is 3. The van der Waals surface area contributed by atoms with E-state index in [0.717, 1.165) is 17.6 Å². The van der Waals surface area contributed by atoms with Crippen molar-refractivity contribution >= 4 is 22.5 Å². The first-order valence-corrected chi connectivity index (χ1v) is 11.6. The molecule has 0 radical (unpaired) electrons. The molecule has 5 rings (SSSR count). The number of H-pyrrole nitrogens is 1. The van der Waals surface area contributed by atoms with Crippen LogP contribution in [0.2, 0.25) is 0 Å². The highest BCUT2D eigenvalue weighted by molar-refractivity contribution is 5.92. The maximum Gasteiger partial charge on any atom is 0.285 e. The van der Waals surface area contributed by atoms with Crippen LogP contribution in [-0.2, 0) is 19.4 Å². The summed E-state index contributed by atoms with van der Waals surface area (Å²) < 4.78 is 56.6. The summed E-state index contributed by atoms with van der Waals surface area (Å²) >= 11 is 0. The molecule has 2 aromatic heterocycles. The minimum atomic E-state index is -3.05. The molecule has 3 aromatic rings. The quantitative estimate of drug-likeness (QED) is 0.411. The zero-order valence-electron chi connectivity index (χ0n) is 19.4. The zero-order valence-corrected chi connectivity index (χ0v) is 19.4. The molecule has 36 heavy (non-hydrogen) atoms. The third kappa shape index (κ3) is 4.17. The van der Waals surface area contributed by atoms with E-state index in [1.165, 1.54) is 19.2 Å². The maximum absolute atomic E-state index is 15.6. The first kappa shape index (κ1) is 24.1. The summed E-state index contributed by atoms with van der Waals surface area (Å²) in [6.07, 6.45) is 1.21. The van der Waals surface area contributed by atoms with Gasteiger partial charge < -0.3 is 10.3 Å². The smallest absolute Gasteiger partial charge is 0.285 e. The lowest BCUT2D eigenvalue weighted by molar-refractivity contribution is 0.0957. The molecule has 0 bridgehead atoms. The molecule has 0 saturated carbocycles. The molecule has 2 N–H and O–H groups in total. The molecule has 0 saturated heterocycles. The number of hydrogen-bond acceptors (Lipinski definition) is 5. The Morgan fingerprint density at radius 3 is 2.61 bits per heavy atom. The third-order valence-corrected chi connectivity index (χ3v) is 6.83. The van der Waals surface area contributed by atoms with Gasteiger partial charge in [-0.1, -0.05) is 6.08 Å². The van der Waals surface area contributed by atoms with Crippen molar-refractivity contribution in [3.8, 4) is 0 Å². The maximum atomic E-state index is 15.6. The van der Waals surface area contributed by atoms with E-state index >= 15 is 4.39 Å². The summed E-state index contributed by atoms with van der Waals surface area (Å²) in [4.78, 5) is 35.6. The highest BCUT2D eigenvalue weighted by Crippen LogP contribution is 2.35. The lowest BCUT2D eigenvalue weighted by atomic mass is 9.97. The first-order valence-electron chi connectivity index (χ1n) is 11.6. The molecule has 0 atom stereocenters. The number of hydrogen-bond donors (Lipinski definition) is 2. The summed E-state index contributed by atoms with van der Waals surface area (Å²) in [5.74, 6) is -1.85. The molecule has 7 nitrogen and oxygen atoms in total. The average Bonchev–Trinajstić information content (AvgIpc) is 3.36. The van der Waals surface area contributed by atoms with Crippen LogP contribution in [0.25, 0.3) is 16.6 Å². The van der Waals surface area contributed by atoms with Gasteiger partial charge in [0.1, 0.15) is 11.2 Å². The number of carbonyl (C=O) groups excluding carboxylic acids is 1. The normalized spacial score (nSPS) is 15.9. The SMILES string of the molecule is CNC(=O)c1ccc(C2=CCN(Cc3c4c(c5nc(C(F)F)c(=O)[nH]c5c3F)CCC4)CC2)c(F)n1. The van der Waals surface area contributed by atoms with Crippen molar-refractivity contribution in [3.63, 3.8) is 0 Å². The summed E-state index contributed by atoms with van der Waals surface area (Å²) in [5, 5.41) is 2.40. The molecule has 11 heteroatoms. The van der Waals surface area contributed by atoms with E-state index in [1.807, 2.05) is 11.0 Å². The topological polar surface area (TPSA) is 91.0 Å². The van der Waals surface area contributed by atoms with Gasteiger partial charge in [0.25, 0.3) is 17.9 Å². The van der Waals surface area contributed by atoms with Crippen LogP contribution in [0.4, 0.5) is 17.6 Å². The second-order valence-electron chi connectivity index (χ2n) is 8.91. The zero-order chi connectivity index (χ0) is 25.6. The number of nitrogens with one attached hydrogen (secondary N) is 2. The summed E-state index contributed by atoms with van der Waals surface area (Å²) in [5.41, 5.74) is 0.913. The number of aromatic nitrogens is 3. The lowest BCUT2D eigenvalue weighted by Crippen LogP contribution is -2.29. The molecule has 1 aliphatic carbocycles. The summed E-state index contributed by atoms with van der Waals surface area (Å²) in [6, 6.07) is 2.99. The van der Waals surface area contributed by atoms with Crippen LogP contribution in [0.5, 0.6) is 0 Å². The second kappa shape index (κ2) is 9.45. The van der Waals surface area contributed by atoms with Gasteiger partial charge in [0.05, 0.1) is 5.52 Å². The molecular formula is C25H23F4N5O2. The van der Waals surface area contributed by atoms with Crippen molar-refractivity contribution < 1.29 is 22.4 Å². The van der Waals surface area contributed by atoms with E-state index in [1.54, 1.807) is 0 Å². The van der Waals surface area contributed by atoms with Crippen LogP contribution in [-0.4, -0.2) is 45.9 Å². The van der Waals surface area contributed by atoms with Crippen LogP contribution in [0.1, 0.15) is 57.7 Å². The van der Waals surface area contributed by atoms with Gasteiger partial charge in [-0.3, -0.25) is 14.5 Å². The number of rotatable bonds is 5. The highest BCUT2D eigenvalue weighted by atomic mass is 19.3. The molecule has 2 aliphatic rings. The number of fused-ring (bicyclic) bond motifs is 3. The van der Waals surface area contributed by atoms with E-state index in [4.69, 9.17) is 0 Å². The van der Waals surface area contributed by atoms with E-state index in [0.29, 0.717) is 49.0 Å². The van der Waals surface area contributed by atoms with Gasteiger partial charge in [0, 0.05) is 37.8 Å². The van der Waals surface area contributed by atoms with Crippen LogP contribution in [0.15, 0.2) is 23.0 Å². The molecule has 0 fully saturated rings. The van der Waals surface area contributed by atoms with Crippen LogP contribution in [0, 0.1) is 11.8 Å². The Kier molecular flexibility index (Phi) is 6.33. The number of benzene rings is 1. The minimum absolute atomic E-state index is 0.00868. The third-order valence-electron chi connectivity index (χ3n) is 6.83. The van der Waals surface area contributed by atoms with Crippen LogP contribution in [0.3, 0.4) is 0 Å². The van der Waals surface area contributed by atoms with Crippen molar-refractivity contribution in [1.29, 1.82) is 0 Å². The van der Waals surface area contributed by atoms with Crippen molar-refractivity contribution in [2.45, 2.75) is 38.7 Å². The molecule has 1 aliphatic heterocycles. The number of aryl methyl sites for hydroxylation is 1. The van der Waals surface area contributed by atoms with Crippen molar-refractivity contribution in [2.75, 3.05) is 20.1 Å². The Labute approximate surface area is 203 Å². The second-order valence-corrected chi connectivity index (χ2v) is 8.91. The fourth-order valence-corrected chi connectivity index (χ4v) is 5.03. The predicted molar refractivity (Wildman–Crippen MR) is 125 cm³/mol. The number of aromatic amines is 1. The van der Waals surface area contributed by atoms with Crippen LogP contribution >= 0.6 is 0 Å². The molecular weight excluding hydrogens is 478 g/mol. The molecule has 1 aromatic carbocycles. The molecule has 188 valence electrons.